The minimum Gasteiger partial charge on any atom is -0.346 e. The van der Waals surface area contributed by atoms with E-state index < -0.39 is 0 Å². The van der Waals surface area contributed by atoms with Crippen molar-refractivity contribution in [2.75, 3.05) is 20.1 Å². The SMILES string of the molecule is CN1CCC(N2CCc3ccccc3C2)CCC1=O. The fourth-order valence-electron chi connectivity index (χ4n) is 3.29. The summed E-state index contributed by atoms with van der Waals surface area (Å²) >= 11 is 0. The molecular weight excluding hydrogens is 236 g/mol. The molecule has 1 unspecified atom stereocenters. The Balaban J connectivity index is 1.69. The summed E-state index contributed by atoms with van der Waals surface area (Å²) in [5.41, 5.74) is 2.97. The number of carbonyl (C=O) groups excluding carboxylic acids is 1. The van der Waals surface area contributed by atoms with E-state index in [9.17, 15) is 4.79 Å². The maximum absolute atomic E-state index is 11.7. The zero-order valence-electron chi connectivity index (χ0n) is 11.6. The second-order valence-corrected chi connectivity index (χ2v) is 5.79. The number of rotatable bonds is 1. The average molecular weight is 258 g/mol. The van der Waals surface area contributed by atoms with Crippen LogP contribution in [0.25, 0.3) is 0 Å². The van der Waals surface area contributed by atoms with E-state index in [1.54, 1.807) is 0 Å². The number of likely N-dealkylation sites (tertiary alicyclic amines) is 1. The Morgan fingerprint density at radius 3 is 2.68 bits per heavy atom. The van der Waals surface area contributed by atoms with Crippen molar-refractivity contribution in [1.29, 1.82) is 0 Å². The summed E-state index contributed by atoms with van der Waals surface area (Å²) in [7, 11) is 1.93. The molecule has 2 aliphatic rings. The van der Waals surface area contributed by atoms with Gasteiger partial charge < -0.3 is 4.90 Å². The molecule has 1 fully saturated rings. The summed E-state index contributed by atoms with van der Waals surface area (Å²) < 4.78 is 0. The molecule has 1 aromatic carbocycles. The highest BCUT2D eigenvalue weighted by Gasteiger charge is 2.27. The van der Waals surface area contributed by atoms with Crippen LogP contribution in [-0.2, 0) is 17.8 Å². The Kier molecular flexibility index (Phi) is 3.56. The second-order valence-electron chi connectivity index (χ2n) is 5.79. The third-order valence-electron chi connectivity index (χ3n) is 4.59. The second kappa shape index (κ2) is 5.33. The predicted molar refractivity (Wildman–Crippen MR) is 75.8 cm³/mol. The van der Waals surface area contributed by atoms with E-state index in [0.717, 1.165) is 38.9 Å². The number of hydrogen-bond donors (Lipinski definition) is 0. The minimum atomic E-state index is 0.305. The molecule has 1 aromatic rings. The van der Waals surface area contributed by atoms with Crippen molar-refractivity contribution in [3.63, 3.8) is 0 Å². The highest BCUT2D eigenvalue weighted by molar-refractivity contribution is 5.76. The average Bonchev–Trinajstić information content (AvgIpc) is 2.61. The van der Waals surface area contributed by atoms with Gasteiger partial charge in [0.15, 0.2) is 0 Å². The number of amides is 1. The Labute approximate surface area is 115 Å². The van der Waals surface area contributed by atoms with E-state index in [4.69, 9.17) is 0 Å². The summed E-state index contributed by atoms with van der Waals surface area (Å²) in [6, 6.07) is 9.33. The fraction of sp³-hybridized carbons (Fsp3) is 0.562. The Morgan fingerprint density at radius 2 is 1.84 bits per heavy atom. The first-order valence-electron chi connectivity index (χ1n) is 7.29. The molecule has 0 saturated carbocycles. The summed E-state index contributed by atoms with van der Waals surface area (Å²) in [4.78, 5) is 16.2. The smallest absolute Gasteiger partial charge is 0.222 e. The van der Waals surface area contributed by atoms with Gasteiger partial charge in [0.2, 0.25) is 5.91 Å². The van der Waals surface area contributed by atoms with Crippen molar-refractivity contribution in [3.8, 4) is 0 Å². The molecule has 3 nitrogen and oxygen atoms in total. The van der Waals surface area contributed by atoms with Crippen molar-refractivity contribution in [2.45, 2.75) is 38.3 Å². The Morgan fingerprint density at radius 1 is 1.05 bits per heavy atom. The first-order valence-corrected chi connectivity index (χ1v) is 7.29. The number of hydrogen-bond acceptors (Lipinski definition) is 2. The molecule has 2 heterocycles. The summed E-state index contributed by atoms with van der Waals surface area (Å²) in [5.74, 6) is 0.305. The minimum absolute atomic E-state index is 0.305. The molecule has 1 amide bonds. The van der Waals surface area contributed by atoms with Crippen LogP contribution < -0.4 is 0 Å². The molecule has 102 valence electrons. The highest BCUT2D eigenvalue weighted by atomic mass is 16.2. The van der Waals surface area contributed by atoms with Crippen LogP contribution >= 0.6 is 0 Å². The molecule has 0 bridgehead atoms. The Bertz CT molecular complexity index is 472. The van der Waals surface area contributed by atoms with E-state index in [1.165, 1.54) is 11.1 Å². The third kappa shape index (κ3) is 2.66. The molecule has 1 atom stereocenters. The van der Waals surface area contributed by atoms with Crippen molar-refractivity contribution in [2.24, 2.45) is 0 Å². The lowest BCUT2D eigenvalue weighted by molar-refractivity contribution is -0.129. The predicted octanol–water partition coefficient (Wildman–Crippen LogP) is 2.06. The number of benzene rings is 1. The van der Waals surface area contributed by atoms with Gasteiger partial charge in [-0.1, -0.05) is 24.3 Å². The van der Waals surface area contributed by atoms with E-state index in [2.05, 4.69) is 29.2 Å². The van der Waals surface area contributed by atoms with Crippen molar-refractivity contribution in [3.05, 3.63) is 35.4 Å². The summed E-state index contributed by atoms with van der Waals surface area (Å²) in [6.45, 7) is 3.10. The molecule has 0 radical (unpaired) electrons. The number of nitrogens with zero attached hydrogens (tertiary/aromatic N) is 2. The zero-order chi connectivity index (χ0) is 13.2. The number of fused-ring (bicyclic) bond motifs is 1. The summed E-state index contributed by atoms with van der Waals surface area (Å²) in [6.07, 6.45) is 3.99. The van der Waals surface area contributed by atoms with Gasteiger partial charge in [0.25, 0.3) is 0 Å². The van der Waals surface area contributed by atoms with E-state index in [-0.39, 0.29) is 0 Å². The standard InChI is InChI=1S/C16H22N2O/c1-17-10-9-15(6-7-16(17)19)18-11-8-13-4-2-3-5-14(13)12-18/h2-5,15H,6-12H2,1H3. The lowest BCUT2D eigenvalue weighted by atomic mass is 9.97. The summed E-state index contributed by atoms with van der Waals surface area (Å²) in [5, 5.41) is 0. The van der Waals surface area contributed by atoms with Crippen LogP contribution in [0, 0.1) is 0 Å². The lowest BCUT2D eigenvalue weighted by Crippen LogP contribution is -2.39. The molecule has 3 rings (SSSR count). The van der Waals surface area contributed by atoms with Crippen LogP contribution in [0.3, 0.4) is 0 Å². The fourth-order valence-corrected chi connectivity index (χ4v) is 3.29. The van der Waals surface area contributed by atoms with Crippen LogP contribution in [0.5, 0.6) is 0 Å². The molecule has 0 aliphatic carbocycles. The third-order valence-corrected chi connectivity index (χ3v) is 4.59. The molecule has 0 aromatic heterocycles. The van der Waals surface area contributed by atoms with Crippen molar-refractivity contribution < 1.29 is 4.79 Å². The monoisotopic (exact) mass is 258 g/mol. The van der Waals surface area contributed by atoms with E-state index in [0.29, 0.717) is 18.4 Å². The molecule has 0 spiro atoms. The van der Waals surface area contributed by atoms with Crippen molar-refractivity contribution in [1.82, 2.24) is 9.80 Å². The van der Waals surface area contributed by atoms with Crippen LogP contribution in [0.2, 0.25) is 0 Å². The van der Waals surface area contributed by atoms with Gasteiger partial charge in [0.05, 0.1) is 0 Å². The van der Waals surface area contributed by atoms with Gasteiger partial charge in [-0.25, -0.2) is 0 Å². The van der Waals surface area contributed by atoms with Gasteiger partial charge in [-0.3, -0.25) is 9.69 Å². The maximum atomic E-state index is 11.7. The van der Waals surface area contributed by atoms with Gasteiger partial charge in [0, 0.05) is 39.1 Å². The molecule has 3 heteroatoms. The lowest BCUT2D eigenvalue weighted by Gasteiger charge is -2.35. The normalized spacial score (nSPS) is 25.0. The highest BCUT2D eigenvalue weighted by Crippen LogP contribution is 2.24. The molecular formula is C16H22N2O. The van der Waals surface area contributed by atoms with Crippen LogP contribution in [0.15, 0.2) is 24.3 Å². The van der Waals surface area contributed by atoms with Crippen LogP contribution in [-0.4, -0.2) is 41.9 Å². The first-order chi connectivity index (χ1) is 9.24. The first kappa shape index (κ1) is 12.7. The van der Waals surface area contributed by atoms with E-state index in [1.807, 2.05) is 11.9 Å². The zero-order valence-corrected chi connectivity index (χ0v) is 11.6. The van der Waals surface area contributed by atoms with Gasteiger partial charge in [-0.2, -0.15) is 0 Å². The van der Waals surface area contributed by atoms with Gasteiger partial charge in [0.1, 0.15) is 0 Å². The molecule has 2 aliphatic heterocycles. The molecule has 19 heavy (non-hydrogen) atoms. The quantitative estimate of drug-likeness (QED) is 0.770. The van der Waals surface area contributed by atoms with Gasteiger partial charge in [-0.05, 0) is 30.4 Å². The largest absolute Gasteiger partial charge is 0.346 e. The Hall–Kier alpha value is -1.35. The number of carbonyl (C=O) groups is 1. The van der Waals surface area contributed by atoms with Crippen LogP contribution in [0.1, 0.15) is 30.4 Å². The van der Waals surface area contributed by atoms with Gasteiger partial charge >= 0.3 is 0 Å². The van der Waals surface area contributed by atoms with Crippen molar-refractivity contribution >= 4 is 5.91 Å². The molecule has 1 saturated heterocycles. The maximum Gasteiger partial charge on any atom is 0.222 e. The van der Waals surface area contributed by atoms with Crippen LogP contribution in [0.4, 0.5) is 0 Å². The van der Waals surface area contributed by atoms with Gasteiger partial charge in [-0.15, -0.1) is 0 Å². The van der Waals surface area contributed by atoms with E-state index >= 15 is 0 Å². The topological polar surface area (TPSA) is 23.6 Å². The molecule has 0 N–H and O–H groups in total.